The van der Waals surface area contributed by atoms with Crippen molar-refractivity contribution in [3.8, 4) is 11.3 Å². The van der Waals surface area contributed by atoms with Crippen LogP contribution in [-0.2, 0) is 16.6 Å². The van der Waals surface area contributed by atoms with Crippen molar-refractivity contribution in [1.82, 2.24) is 24.8 Å². The quantitative estimate of drug-likeness (QED) is 0.326. The average Bonchev–Trinajstić information content (AvgIpc) is 3.56. The molecule has 2 amide bonds. The fraction of sp³-hybridized carbons (Fsp3) is 0.462. The monoisotopic (exact) mass is 553 g/mol. The van der Waals surface area contributed by atoms with E-state index in [1.165, 1.54) is 4.52 Å². The molecule has 6 rings (SSSR count). The minimum atomic E-state index is -3.67. The van der Waals surface area contributed by atoms with Crippen molar-refractivity contribution in [2.24, 2.45) is 11.8 Å². The smallest absolute Gasteiger partial charge is 0.258 e. The second-order valence-electron chi connectivity index (χ2n) is 11.0. The molecule has 2 aliphatic carbocycles. The number of aromatic nitrogens is 3. The van der Waals surface area contributed by atoms with Crippen LogP contribution in [0.4, 0.5) is 11.5 Å². The minimum Gasteiger partial charge on any atom is -0.393 e. The fourth-order valence-electron chi connectivity index (χ4n) is 5.59. The van der Waals surface area contributed by atoms with E-state index in [0.717, 1.165) is 19.1 Å². The molecule has 12 nitrogen and oxygen atoms in total. The van der Waals surface area contributed by atoms with Crippen molar-refractivity contribution in [2.75, 3.05) is 23.3 Å². The van der Waals surface area contributed by atoms with Gasteiger partial charge in [0.1, 0.15) is 5.56 Å². The number of benzene rings is 1. The van der Waals surface area contributed by atoms with E-state index in [2.05, 4.69) is 20.1 Å². The highest BCUT2D eigenvalue weighted by Gasteiger charge is 2.40. The van der Waals surface area contributed by atoms with E-state index in [9.17, 15) is 23.1 Å². The van der Waals surface area contributed by atoms with Crippen molar-refractivity contribution in [3.05, 3.63) is 41.1 Å². The molecule has 3 aromatic rings. The van der Waals surface area contributed by atoms with Gasteiger partial charge in [0.05, 0.1) is 29.3 Å². The average molecular weight is 554 g/mol. The number of hydrogen-bond acceptors (Lipinski definition) is 8. The van der Waals surface area contributed by atoms with Crippen LogP contribution in [0.1, 0.15) is 58.9 Å². The van der Waals surface area contributed by atoms with E-state index in [4.69, 9.17) is 5.73 Å². The molecule has 0 radical (unpaired) electrons. The van der Waals surface area contributed by atoms with Gasteiger partial charge in [-0.3, -0.25) is 14.3 Å². The second-order valence-corrected chi connectivity index (χ2v) is 12.7. The maximum atomic E-state index is 13.4. The molecule has 2 fully saturated rings. The summed E-state index contributed by atoms with van der Waals surface area (Å²) in [5, 5.41) is 16.6. The molecule has 1 aromatic carbocycles. The molecule has 0 bridgehead atoms. The molecule has 0 spiro atoms. The summed E-state index contributed by atoms with van der Waals surface area (Å²) in [5.74, 6) is 0.121. The van der Waals surface area contributed by atoms with Crippen LogP contribution in [0.15, 0.2) is 24.4 Å². The molecule has 3 aliphatic rings. The lowest BCUT2D eigenvalue weighted by atomic mass is 9.82. The summed E-state index contributed by atoms with van der Waals surface area (Å²) in [6, 6.07) is 5.21. The first-order chi connectivity index (χ1) is 18.5. The van der Waals surface area contributed by atoms with Crippen LogP contribution in [0.25, 0.3) is 16.9 Å². The first-order valence-corrected chi connectivity index (χ1v) is 14.9. The van der Waals surface area contributed by atoms with Crippen molar-refractivity contribution in [2.45, 2.75) is 51.3 Å². The molecule has 1 atom stereocenters. The van der Waals surface area contributed by atoms with Gasteiger partial charge < -0.3 is 21.1 Å². The van der Waals surface area contributed by atoms with E-state index in [0.29, 0.717) is 54.2 Å². The van der Waals surface area contributed by atoms with Gasteiger partial charge in [-0.15, -0.1) is 5.10 Å². The third kappa shape index (κ3) is 4.80. The minimum absolute atomic E-state index is 0.0366. The number of aliphatic hydroxyl groups excluding tert-OH is 1. The zero-order valence-corrected chi connectivity index (χ0v) is 22.5. The Hall–Kier alpha value is -3.71. The van der Waals surface area contributed by atoms with Crippen LogP contribution in [0.3, 0.4) is 0 Å². The van der Waals surface area contributed by atoms with Crippen LogP contribution >= 0.6 is 0 Å². The van der Waals surface area contributed by atoms with Gasteiger partial charge in [-0.25, -0.2) is 17.9 Å². The summed E-state index contributed by atoms with van der Waals surface area (Å²) in [6.07, 6.45) is 5.83. The number of nitrogens with zero attached hydrogens (tertiary/aromatic N) is 4. The number of anilines is 2. The lowest BCUT2D eigenvalue weighted by Gasteiger charge is -2.31. The van der Waals surface area contributed by atoms with E-state index in [1.54, 1.807) is 23.2 Å². The van der Waals surface area contributed by atoms with E-state index in [1.807, 2.05) is 13.0 Å². The summed E-state index contributed by atoms with van der Waals surface area (Å²) < 4.78 is 28.3. The van der Waals surface area contributed by atoms with Crippen molar-refractivity contribution >= 4 is 39.0 Å². The maximum Gasteiger partial charge on any atom is 0.258 e. The molecule has 1 unspecified atom stereocenters. The molecular formula is C26H31N7O5S. The molecule has 1 aliphatic heterocycles. The molecule has 2 saturated carbocycles. The number of rotatable bonds is 8. The summed E-state index contributed by atoms with van der Waals surface area (Å²) in [4.78, 5) is 32.9. The van der Waals surface area contributed by atoms with Gasteiger partial charge in [0.15, 0.2) is 11.5 Å². The molecule has 206 valence electrons. The number of carbonyl (C=O) groups is 2. The summed E-state index contributed by atoms with van der Waals surface area (Å²) in [6.45, 7) is 2.83. The first kappa shape index (κ1) is 25.6. The van der Waals surface area contributed by atoms with Crippen LogP contribution in [-0.4, -0.2) is 69.8 Å². The first-order valence-electron chi connectivity index (χ1n) is 13.1. The number of amides is 2. The van der Waals surface area contributed by atoms with Crippen LogP contribution in [0.5, 0.6) is 0 Å². The van der Waals surface area contributed by atoms with Gasteiger partial charge >= 0.3 is 0 Å². The number of hydrogen-bond donors (Lipinski definition) is 4. The second kappa shape index (κ2) is 9.19. The summed E-state index contributed by atoms with van der Waals surface area (Å²) >= 11 is 0. The van der Waals surface area contributed by atoms with Crippen LogP contribution in [0, 0.1) is 11.8 Å². The lowest BCUT2D eigenvalue weighted by molar-refractivity contribution is 0.0420. The van der Waals surface area contributed by atoms with Crippen molar-refractivity contribution in [3.63, 3.8) is 0 Å². The van der Waals surface area contributed by atoms with Gasteiger partial charge in [-0.2, -0.15) is 0 Å². The Kier molecular flexibility index (Phi) is 6.03. The Balaban J connectivity index is 1.37. The lowest BCUT2D eigenvalue weighted by Crippen LogP contribution is -2.38. The van der Waals surface area contributed by atoms with Crippen LogP contribution in [0.2, 0.25) is 0 Å². The third-order valence-electron chi connectivity index (χ3n) is 7.92. The van der Waals surface area contributed by atoms with E-state index >= 15 is 0 Å². The number of carbonyl (C=O) groups excluding carboxylic acids is 2. The highest BCUT2D eigenvalue weighted by Crippen LogP contribution is 2.41. The summed E-state index contributed by atoms with van der Waals surface area (Å²) in [5.41, 5.74) is 8.82. The van der Waals surface area contributed by atoms with E-state index in [-0.39, 0.29) is 46.7 Å². The van der Waals surface area contributed by atoms with E-state index < -0.39 is 15.9 Å². The number of aliphatic hydroxyl groups is 1. The number of sulfonamides is 1. The molecule has 0 saturated heterocycles. The molecule has 2 aromatic heterocycles. The Morgan fingerprint density at radius 1 is 1.28 bits per heavy atom. The Labute approximate surface area is 225 Å². The highest BCUT2D eigenvalue weighted by molar-refractivity contribution is 7.92. The number of fused-ring (bicyclic) bond motifs is 2. The fourth-order valence-corrected chi connectivity index (χ4v) is 6.15. The predicted octanol–water partition coefficient (Wildman–Crippen LogP) is 1.60. The molecule has 39 heavy (non-hydrogen) atoms. The number of nitrogens with one attached hydrogen (secondary N) is 2. The van der Waals surface area contributed by atoms with Gasteiger partial charge in [0.25, 0.3) is 11.8 Å². The predicted molar refractivity (Wildman–Crippen MR) is 144 cm³/mol. The van der Waals surface area contributed by atoms with Gasteiger partial charge in [0, 0.05) is 30.9 Å². The molecule has 3 heterocycles. The highest BCUT2D eigenvalue weighted by atomic mass is 32.2. The zero-order valence-electron chi connectivity index (χ0n) is 21.7. The topological polar surface area (TPSA) is 172 Å². The number of nitrogen functional groups attached to an aromatic ring is 1. The third-order valence-corrected chi connectivity index (χ3v) is 8.51. The van der Waals surface area contributed by atoms with Crippen LogP contribution < -0.4 is 15.8 Å². The Morgan fingerprint density at radius 3 is 2.69 bits per heavy atom. The molecular weight excluding hydrogens is 522 g/mol. The van der Waals surface area contributed by atoms with Gasteiger partial charge in [0.2, 0.25) is 10.0 Å². The summed E-state index contributed by atoms with van der Waals surface area (Å²) in [7, 11) is -3.67. The molecule has 5 N–H and O–H groups in total. The normalized spacial score (nSPS) is 21.5. The largest absolute Gasteiger partial charge is 0.393 e. The van der Waals surface area contributed by atoms with Gasteiger partial charge in [-0.05, 0) is 68.2 Å². The van der Waals surface area contributed by atoms with Crippen molar-refractivity contribution in [1.29, 1.82) is 0 Å². The maximum absolute atomic E-state index is 13.4. The number of nitrogens with two attached hydrogens (primary N) is 1. The Bertz CT molecular complexity index is 1610. The zero-order chi connectivity index (χ0) is 27.6. The SMILES string of the molecule is CC(C1CC1)N1Cc2cc(-c3ccn4nc(N)c(C(=O)NCC5CC(O)C5)c4n3)cc(NS(C)(=O)=O)c2C1=O. The molecule has 13 heteroatoms. The van der Waals surface area contributed by atoms with Gasteiger partial charge in [-0.1, -0.05) is 0 Å². The Morgan fingerprint density at radius 2 is 2.03 bits per heavy atom. The standard InChI is InChI=1S/C26H31N7O5S/c1-13(15-3-4-15)32-12-17-9-16(10-20(21(17)26(32)36)31-39(2,37)38)19-5-6-33-24(29-19)22(23(27)30-33)25(35)28-11-14-7-18(34)8-14/h5-6,9-10,13-15,18,31,34H,3-4,7-8,11-12H2,1-2H3,(H2,27,30)(H,28,35). The van der Waals surface area contributed by atoms with Crippen molar-refractivity contribution < 1.29 is 23.1 Å².